The van der Waals surface area contributed by atoms with Crippen molar-refractivity contribution in [3.05, 3.63) is 83.4 Å². The van der Waals surface area contributed by atoms with Gasteiger partial charge in [-0.15, -0.1) is 6.58 Å². The van der Waals surface area contributed by atoms with E-state index in [2.05, 4.69) is 55.1 Å². The van der Waals surface area contributed by atoms with Crippen LogP contribution in [-0.4, -0.2) is 11.2 Å². The van der Waals surface area contributed by atoms with E-state index in [9.17, 15) is 5.11 Å². The maximum absolute atomic E-state index is 10.5. The Labute approximate surface area is 114 Å². The first-order valence-electron chi connectivity index (χ1n) is 6.76. The first-order chi connectivity index (χ1) is 9.31. The molecule has 0 aromatic heterocycles. The van der Waals surface area contributed by atoms with Gasteiger partial charge in [-0.3, -0.25) is 0 Å². The van der Waals surface area contributed by atoms with E-state index in [0.29, 0.717) is 6.42 Å². The van der Waals surface area contributed by atoms with Crippen LogP contribution in [-0.2, 0) is 6.42 Å². The van der Waals surface area contributed by atoms with Crippen LogP contribution in [0.25, 0.3) is 0 Å². The van der Waals surface area contributed by atoms with E-state index >= 15 is 0 Å². The van der Waals surface area contributed by atoms with Gasteiger partial charge >= 0.3 is 0 Å². The van der Waals surface area contributed by atoms with Gasteiger partial charge < -0.3 is 5.11 Å². The molecule has 96 valence electrons. The van der Waals surface area contributed by atoms with E-state index in [1.807, 2.05) is 0 Å². The third-order valence-corrected chi connectivity index (χ3v) is 3.95. The molecule has 1 aliphatic carbocycles. The summed E-state index contributed by atoms with van der Waals surface area (Å²) in [5.41, 5.74) is 5.18. The lowest BCUT2D eigenvalue weighted by Crippen LogP contribution is -2.24. The van der Waals surface area contributed by atoms with Crippen molar-refractivity contribution in [3.8, 4) is 0 Å². The van der Waals surface area contributed by atoms with E-state index in [1.54, 1.807) is 6.08 Å². The van der Waals surface area contributed by atoms with Crippen molar-refractivity contribution in [1.82, 2.24) is 0 Å². The highest BCUT2D eigenvalue weighted by Crippen LogP contribution is 2.39. The minimum atomic E-state index is -0.403. The third kappa shape index (κ3) is 2.11. The van der Waals surface area contributed by atoms with Crippen molar-refractivity contribution in [2.24, 2.45) is 0 Å². The molecule has 0 aliphatic heterocycles. The standard InChI is InChI=1S/C18H18O/c1-2-7-17(19)18-15-10-5-3-8-13(15)12-14-9-4-6-11-16(14)18/h2-6,8-11,17-19H,1,7,12H2. The molecular weight excluding hydrogens is 232 g/mol. The van der Waals surface area contributed by atoms with Crippen LogP contribution in [0.4, 0.5) is 0 Å². The van der Waals surface area contributed by atoms with Crippen molar-refractivity contribution in [1.29, 1.82) is 0 Å². The van der Waals surface area contributed by atoms with Crippen molar-refractivity contribution in [3.63, 3.8) is 0 Å². The number of rotatable bonds is 3. The molecule has 0 saturated carbocycles. The maximum atomic E-state index is 10.5. The molecule has 1 nitrogen and oxygen atoms in total. The van der Waals surface area contributed by atoms with E-state index in [1.165, 1.54) is 22.3 Å². The number of hydrogen-bond acceptors (Lipinski definition) is 1. The maximum Gasteiger partial charge on any atom is 0.0683 e. The predicted molar refractivity (Wildman–Crippen MR) is 78.4 cm³/mol. The molecule has 2 aromatic rings. The average molecular weight is 250 g/mol. The fraction of sp³-hybridized carbons (Fsp3) is 0.222. The Morgan fingerprint density at radius 2 is 1.58 bits per heavy atom. The van der Waals surface area contributed by atoms with Crippen molar-refractivity contribution >= 4 is 0 Å². The van der Waals surface area contributed by atoms with Crippen LogP contribution in [0, 0.1) is 0 Å². The topological polar surface area (TPSA) is 20.2 Å². The first-order valence-corrected chi connectivity index (χ1v) is 6.76. The molecule has 0 fully saturated rings. The monoisotopic (exact) mass is 250 g/mol. The van der Waals surface area contributed by atoms with Crippen LogP contribution >= 0.6 is 0 Å². The molecule has 0 radical (unpaired) electrons. The minimum absolute atomic E-state index is 0.0687. The predicted octanol–water partition coefficient (Wildman–Crippen LogP) is 3.66. The molecule has 0 heterocycles. The Kier molecular flexibility index (Phi) is 3.22. The SMILES string of the molecule is C=CCC(O)C1c2ccccc2Cc2ccccc21. The zero-order chi connectivity index (χ0) is 13.2. The lowest BCUT2D eigenvalue weighted by molar-refractivity contribution is 0.158. The molecule has 19 heavy (non-hydrogen) atoms. The Morgan fingerprint density at radius 3 is 2.11 bits per heavy atom. The van der Waals surface area contributed by atoms with Crippen molar-refractivity contribution in [2.45, 2.75) is 24.9 Å². The molecule has 1 heteroatoms. The summed E-state index contributed by atoms with van der Waals surface area (Å²) in [5.74, 6) is 0.0687. The highest BCUT2D eigenvalue weighted by atomic mass is 16.3. The zero-order valence-electron chi connectivity index (χ0n) is 10.9. The Balaban J connectivity index is 2.13. The van der Waals surface area contributed by atoms with Gasteiger partial charge in [0, 0.05) is 5.92 Å². The average Bonchev–Trinajstić information content (AvgIpc) is 2.44. The second-order valence-corrected chi connectivity index (χ2v) is 5.14. The fourth-order valence-corrected chi connectivity index (χ4v) is 3.09. The smallest absolute Gasteiger partial charge is 0.0683 e. The molecule has 1 atom stereocenters. The van der Waals surface area contributed by atoms with Crippen LogP contribution in [0.3, 0.4) is 0 Å². The molecule has 1 unspecified atom stereocenters. The molecule has 2 aromatic carbocycles. The van der Waals surface area contributed by atoms with Gasteiger partial charge in [-0.05, 0) is 35.1 Å². The van der Waals surface area contributed by atoms with Crippen LogP contribution in [0.2, 0.25) is 0 Å². The lowest BCUT2D eigenvalue weighted by Gasteiger charge is -2.31. The second kappa shape index (κ2) is 5.02. The molecule has 0 amide bonds. The van der Waals surface area contributed by atoms with Crippen LogP contribution < -0.4 is 0 Å². The fourth-order valence-electron chi connectivity index (χ4n) is 3.09. The Bertz CT molecular complexity index is 555. The molecule has 3 rings (SSSR count). The van der Waals surface area contributed by atoms with Gasteiger partial charge in [-0.25, -0.2) is 0 Å². The molecule has 1 aliphatic rings. The normalized spacial score (nSPS) is 15.4. The van der Waals surface area contributed by atoms with Gasteiger partial charge in [0.2, 0.25) is 0 Å². The van der Waals surface area contributed by atoms with Gasteiger partial charge in [0.05, 0.1) is 6.10 Å². The summed E-state index contributed by atoms with van der Waals surface area (Å²) in [7, 11) is 0. The molecular formula is C18H18O. The Morgan fingerprint density at radius 1 is 1.05 bits per heavy atom. The number of benzene rings is 2. The van der Waals surface area contributed by atoms with Gasteiger partial charge in [-0.2, -0.15) is 0 Å². The number of fused-ring (bicyclic) bond motifs is 2. The summed E-state index contributed by atoms with van der Waals surface area (Å²) < 4.78 is 0. The summed E-state index contributed by atoms with van der Waals surface area (Å²) in [6.07, 6.45) is 2.97. The number of aliphatic hydroxyl groups excluding tert-OH is 1. The molecule has 1 N–H and O–H groups in total. The summed E-state index contributed by atoms with van der Waals surface area (Å²) in [6.45, 7) is 3.75. The molecule has 0 spiro atoms. The quantitative estimate of drug-likeness (QED) is 0.824. The van der Waals surface area contributed by atoms with Crippen LogP contribution in [0.5, 0.6) is 0 Å². The number of hydrogen-bond donors (Lipinski definition) is 1. The largest absolute Gasteiger partial charge is 0.392 e. The van der Waals surface area contributed by atoms with E-state index in [0.717, 1.165) is 6.42 Å². The van der Waals surface area contributed by atoms with Crippen LogP contribution in [0.15, 0.2) is 61.2 Å². The van der Waals surface area contributed by atoms with Gasteiger partial charge in [0.25, 0.3) is 0 Å². The van der Waals surface area contributed by atoms with E-state index in [4.69, 9.17) is 0 Å². The summed E-state index contributed by atoms with van der Waals surface area (Å²) >= 11 is 0. The van der Waals surface area contributed by atoms with Crippen molar-refractivity contribution in [2.75, 3.05) is 0 Å². The highest BCUT2D eigenvalue weighted by molar-refractivity contribution is 5.49. The molecule has 0 saturated heterocycles. The summed E-state index contributed by atoms with van der Waals surface area (Å²) in [4.78, 5) is 0. The Hall–Kier alpha value is -1.86. The minimum Gasteiger partial charge on any atom is -0.392 e. The van der Waals surface area contributed by atoms with Crippen molar-refractivity contribution < 1.29 is 5.11 Å². The van der Waals surface area contributed by atoms with Gasteiger partial charge in [-0.1, -0.05) is 54.6 Å². The van der Waals surface area contributed by atoms with Crippen LogP contribution in [0.1, 0.15) is 34.6 Å². The molecule has 0 bridgehead atoms. The van der Waals surface area contributed by atoms with Gasteiger partial charge in [0.15, 0.2) is 0 Å². The number of aliphatic hydroxyl groups is 1. The first kappa shape index (κ1) is 12.2. The third-order valence-electron chi connectivity index (χ3n) is 3.95. The lowest BCUT2D eigenvalue weighted by atomic mass is 9.75. The highest BCUT2D eigenvalue weighted by Gasteiger charge is 2.29. The van der Waals surface area contributed by atoms with E-state index < -0.39 is 6.10 Å². The zero-order valence-corrected chi connectivity index (χ0v) is 10.9. The second-order valence-electron chi connectivity index (χ2n) is 5.14. The summed E-state index contributed by atoms with van der Waals surface area (Å²) in [5, 5.41) is 10.5. The summed E-state index contributed by atoms with van der Waals surface area (Å²) in [6, 6.07) is 16.9. The van der Waals surface area contributed by atoms with Gasteiger partial charge in [0.1, 0.15) is 0 Å². The van der Waals surface area contributed by atoms with E-state index in [-0.39, 0.29) is 5.92 Å².